The maximum Gasteiger partial charge on any atom is 0.343 e. The Bertz CT molecular complexity index is 336. The van der Waals surface area contributed by atoms with Gasteiger partial charge in [0, 0.05) is 7.05 Å². The minimum Gasteiger partial charge on any atom is -0.462 e. The molecule has 1 aromatic rings. The summed E-state index contributed by atoms with van der Waals surface area (Å²) in [5.74, 6) is -0.279. The van der Waals surface area contributed by atoms with Crippen molar-refractivity contribution in [2.45, 2.75) is 26.7 Å². The SMILES string of the molecule is CCCCOC(=O)c1c(C)nsc1NC. The van der Waals surface area contributed by atoms with Crippen molar-refractivity contribution in [3.63, 3.8) is 0 Å². The van der Waals surface area contributed by atoms with Crippen LogP contribution in [0.25, 0.3) is 0 Å². The molecule has 0 atom stereocenters. The van der Waals surface area contributed by atoms with Crippen molar-refractivity contribution in [2.75, 3.05) is 19.0 Å². The van der Waals surface area contributed by atoms with Gasteiger partial charge in [-0.15, -0.1) is 0 Å². The van der Waals surface area contributed by atoms with Crippen molar-refractivity contribution in [3.05, 3.63) is 11.3 Å². The van der Waals surface area contributed by atoms with Gasteiger partial charge in [0.15, 0.2) is 0 Å². The second kappa shape index (κ2) is 5.70. The van der Waals surface area contributed by atoms with Crippen LogP contribution in [0.5, 0.6) is 0 Å². The molecule has 1 aromatic heterocycles. The normalized spacial score (nSPS) is 10.1. The molecule has 0 bridgehead atoms. The number of rotatable bonds is 5. The Labute approximate surface area is 93.8 Å². The summed E-state index contributed by atoms with van der Waals surface area (Å²) in [5, 5.41) is 3.72. The molecule has 0 saturated carbocycles. The van der Waals surface area contributed by atoms with Crippen molar-refractivity contribution in [3.8, 4) is 0 Å². The Morgan fingerprint density at radius 1 is 1.60 bits per heavy atom. The number of aromatic nitrogens is 1. The summed E-state index contributed by atoms with van der Waals surface area (Å²) in [7, 11) is 1.77. The molecule has 84 valence electrons. The van der Waals surface area contributed by atoms with Crippen molar-refractivity contribution >= 4 is 22.5 Å². The van der Waals surface area contributed by atoms with Crippen LogP contribution in [0.1, 0.15) is 35.8 Å². The molecular weight excluding hydrogens is 212 g/mol. The lowest BCUT2D eigenvalue weighted by Crippen LogP contribution is -2.08. The number of hydrogen-bond donors (Lipinski definition) is 1. The first-order valence-corrected chi connectivity index (χ1v) is 5.79. The fraction of sp³-hybridized carbons (Fsp3) is 0.600. The highest BCUT2D eigenvalue weighted by molar-refractivity contribution is 7.10. The van der Waals surface area contributed by atoms with Gasteiger partial charge in [0.25, 0.3) is 0 Å². The molecular formula is C10H16N2O2S. The molecule has 0 aliphatic rings. The molecule has 0 amide bonds. The van der Waals surface area contributed by atoms with Gasteiger partial charge in [0.05, 0.1) is 12.3 Å². The molecule has 0 saturated heterocycles. The molecule has 0 aliphatic carbocycles. The lowest BCUT2D eigenvalue weighted by molar-refractivity contribution is 0.0500. The van der Waals surface area contributed by atoms with Gasteiger partial charge in [-0.3, -0.25) is 0 Å². The van der Waals surface area contributed by atoms with Gasteiger partial charge in [-0.25, -0.2) is 4.79 Å². The van der Waals surface area contributed by atoms with Crippen LogP contribution in [0.15, 0.2) is 0 Å². The third-order valence-electron chi connectivity index (χ3n) is 2.02. The summed E-state index contributed by atoms with van der Waals surface area (Å²) in [4.78, 5) is 11.7. The van der Waals surface area contributed by atoms with Crippen LogP contribution in [0.3, 0.4) is 0 Å². The highest BCUT2D eigenvalue weighted by Gasteiger charge is 2.18. The van der Waals surface area contributed by atoms with E-state index in [9.17, 15) is 4.79 Å². The summed E-state index contributed by atoms with van der Waals surface area (Å²) in [6.45, 7) is 4.35. The van der Waals surface area contributed by atoms with Gasteiger partial charge in [-0.1, -0.05) is 13.3 Å². The summed E-state index contributed by atoms with van der Waals surface area (Å²) >= 11 is 1.28. The predicted octanol–water partition coefficient (Wildman–Crippen LogP) is 2.45. The average molecular weight is 228 g/mol. The van der Waals surface area contributed by atoms with E-state index in [4.69, 9.17) is 4.74 Å². The summed E-state index contributed by atoms with van der Waals surface area (Å²) < 4.78 is 9.25. The number of nitrogens with zero attached hydrogens (tertiary/aromatic N) is 1. The molecule has 0 aromatic carbocycles. The van der Waals surface area contributed by atoms with Crippen LogP contribution in [-0.4, -0.2) is 24.0 Å². The van der Waals surface area contributed by atoms with E-state index in [-0.39, 0.29) is 5.97 Å². The zero-order valence-electron chi connectivity index (χ0n) is 9.29. The first-order chi connectivity index (χ1) is 7.20. The van der Waals surface area contributed by atoms with Crippen molar-refractivity contribution in [1.29, 1.82) is 0 Å². The van der Waals surface area contributed by atoms with E-state index in [1.54, 1.807) is 7.05 Å². The topological polar surface area (TPSA) is 51.2 Å². The van der Waals surface area contributed by atoms with Gasteiger partial charge < -0.3 is 10.1 Å². The molecule has 0 spiro atoms. The molecule has 15 heavy (non-hydrogen) atoms. The highest BCUT2D eigenvalue weighted by atomic mass is 32.1. The molecule has 1 rings (SSSR count). The van der Waals surface area contributed by atoms with Crippen LogP contribution in [0.4, 0.5) is 5.00 Å². The maximum atomic E-state index is 11.7. The first kappa shape index (κ1) is 12.0. The summed E-state index contributed by atoms with van der Waals surface area (Å²) in [6.07, 6.45) is 1.92. The Hall–Kier alpha value is -1.10. The Kier molecular flexibility index (Phi) is 4.55. The monoisotopic (exact) mass is 228 g/mol. The van der Waals surface area contributed by atoms with Gasteiger partial charge in [0.2, 0.25) is 0 Å². The number of nitrogens with one attached hydrogen (secondary N) is 1. The standard InChI is InChI=1S/C10H16N2O2S/c1-4-5-6-14-10(13)8-7(2)12-15-9(8)11-3/h11H,4-6H2,1-3H3. The van der Waals surface area contributed by atoms with Gasteiger partial charge in [0.1, 0.15) is 10.6 Å². The largest absolute Gasteiger partial charge is 0.462 e. The number of esters is 1. The fourth-order valence-electron chi connectivity index (χ4n) is 1.16. The lowest BCUT2D eigenvalue weighted by atomic mass is 10.2. The van der Waals surface area contributed by atoms with E-state index in [0.717, 1.165) is 23.5 Å². The molecule has 0 aliphatic heterocycles. The van der Waals surface area contributed by atoms with E-state index in [0.29, 0.717) is 12.2 Å². The second-order valence-corrected chi connectivity index (χ2v) is 3.98. The highest BCUT2D eigenvalue weighted by Crippen LogP contribution is 2.24. The van der Waals surface area contributed by atoms with Crippen LogP contribution in [0, 0.1) is 6.92 Å². The summed E-state index contributed by atoms with van der Waals surface area (Å²) in [6, 6.07) is 0. The maximum absolute atomic E-state index is 11.7. The molecule has 1 N–H and O–H groups in total. The number of hydrogen-bond acceptors (Lipinski definition) is 5. The number of anilines is 1. The third kappa shape index (κ3) is 2.92. The van der Waals surface area contributed by atoms with Crippen LogP contribution in [0.2, 0.25) is 0 Å². The van der Waals surface area contributed by atoms with Crippen molar-refractivity contribution < 1.29 is 9.53 Å². The third-order valence-corrected chi connectivity index (χ3v) is 2.98. The number of carbonyl (C=O) groups is 1. The molecule has 0 unspecified atom stereocenters. The second-order valence-electron chi connectivity index (χ2n) is 3.21. The van der Waals surface area contributed by atoms with E-state index < -0.39 is 0 Å². The molecule has 0 radical (unpaired) electrons. The van der Waals surface area contributed by atoms with E-state index in [2.05, 4.69) is 16.6 Å². The van der Waals surface area contributed by atoms with E-state index >= 15 is 0 Å². The zero-order chi connectivity index (χ0) is 11.3. The Morgan fingerprint density at radius 2 is 2.33 bits per heavy atom. The minimum atomic E-state index is -0.279. The summed E-state index contributed by atoms with van der Waals surface area (Å²) in [5.41, 5.74) is 1.30. The number of unbranched alkanes of at least 4 members (excludes halogenated alkanes) is 1. The van der Waals surface area contributed by atoms with Gasteiger partial charge in [-0.05, 0) is 24.9 Å². The Balaban J connectivity index is 2.67. The number of ether oxygens (including phenoxy) is 1. The quantitative estimate of drug-likeness (QED) is 0.621. The average Bonchev–Trinajstić information content (AvgIpc) is 2.59. The smallest absolute Gasteiger partial charge is 0.343 e. The number of carbonyl (C=O) groups excluding carboxylic acids is 1. The van der Waals surface area contributed by atoms with Crippen LogP contribution < -0.4 is 5.32 Å². The van der Waals surface area contributed by atoms with Crippen LogP contribution >= 0.6 is 11.5 Å². The zero-order valence-corrected chi connectivity index (χ0v) is 10.1. The predicted molar refractivity (Wildman–Crippen MR) is 61.6 cm³/mol. The fourth-order valence-corrected chi connectivity index (χ4v) is 1.90. The van der Waals surface area contributed by atoms with E-state index in [1.807, 2.05) is 6.92 Å². The molecule has 0 fully saturated rings. The number of aryl methyl sites for hydroxylation is 1. The molecule has 5 heteroatoms. The Morgan fingerprint density at radius 3 is 2.93 bits per heavy atom. The molecule has 1 heterocycles. The lowest BCUT2D eigenvalue weighted by Gasteiger charge is -2.04. The van der Waals surface area contributed by atoms with Crippen molar-refractivity contribution in [1.82, 2.24) is 4.37 Å². The minimum absolute atomic E-state index is 0.279. The van der Waals surface area contributed by atoms with E-state index in [1.165, 1.54) is 11.5 Å². The molecule has 4 nitrogen and oxygen atoms in total. The van der Waals surface area contributed by atoms with Gasteiger partial charge in [-0.2, -0.15) is 4.37 Å². The first-order valence-electron chi connectivity index (χ1n) is 5.01. The van der Waals surface area contributed by atoms with Crippen molar-refractivity contribution in [2.24, 2.45) is 0 Å². The van der Waals surface area contributed by atoms with Crippen LogP contribution in [-0.2, 0) is 4.74 Å². The van der Waals surface area contributed by atoms with Gasteiger partial charge >= 0.3 is 5.97 Å².